The highest BCUT2D eigenvalue weighted by molar-refractivity contribution is 5.93. The molecule has 2 unspecified atom stereocenters. The number of hydrogen-bond donors (Lipinski definition) is 2. The smallest absolute Gasteiger partial charge is 0.230 e. The van der Waals surface area contributed by atoms with Crippen molar-refractivity contribution in [3.8, 4) is 0 Å². The summed E-state index contributed by atoms with van der Waals surface area (Å²) in [6.07, 6.45) is 1.30. The van der Waals surface area contributed by atoms with Crippen LogP contribution in [0.2, 0.25) is 0 Å². The minimum absolute atomic E-state index is 0.0597. The van der Waals surface area contributed by atoms with Crippen molar-refractivity contribution < 1.29 is 18.7 Å². The van der Waals surface area contributed by atoms with Crippen molar-refractivity contribution in [1.82, 2.24) is 0 Å². The molecule has 0 spiro atoms. The molecule has 3 nitrogen and oxygen atoms in total. The van der Waals surface area contributed by atoms with Gasteiger partial charge in [0.25, 0.3) is 0 Å². The lowest BCUT2D eigenvalue weighted by molar-refractivity contribution is -0.122. The first-order chi connectivity index (χ1) is 8.08. The van der Waals surface area contributed by atoms with E-state index >= 15 is 0 Å². The van der Waals surface area contributed by atoms with Gasteiger partial charge in [0, 0.05) is 6.07 Å². The van der Waals surface area contributed by atoms with E-state index in [0.29, 0.717) is 18.9 Å². The molecule has 0 saturated heterocycles. The number of aliphatic hydroxyl groups excluding tert-OH is 1. The molecule has 0 radical (unpaired) electrons. The Morgan fingerprint density at radius 1 is 1.35 bits per heavy atom. The lowest BCUT2D eigenvalue weighted by Crippen LogP contribution is -2.29. The van der Waals surface area contributed by atoms with Gasteiger partial charge in [-0.3, -0.25) is 4.79 Å². The largest absolute Gasteiger partial charge is 0.392 e. The molecule has 1 aromatic carbocycles. The van der Waals surface area contributed by atoms with Gasteiger partial charge in [-0.1, -0.05) is 0 Å². The van der Waals surface area contributed by atoms with Crippen LogP contribution in [-0.2, 0) is 4.79 Å². The van der Waals surface area contributed by atoms with E-state index in [2.05, 4.69) is 5.32 Å². The summed E-state index contributed by atoms with van der Waals surface area (Å²) in [7, 11) is 0. The second kappa shape index (κ2) is 4.79. The molecular weight excluding hydrogens is 228 g/mol. The molecule has 17 heavy (non-hydrogen) atoms. The van der Waals surface area contributed by atoms with Gasteiger partial charge in [0.1, 0.15) is 11.6 Å². The highest BCUT2D eigenvalue weighted by Gasteiger charge is 2.31. The number of aliphatic hydroxyl groups is 1. The minimum atomic E-state index is -0.814. The van der Waals surface area contributed by atoms with Crippen molar-refractivity contribution in [2.75, 3.05) is 5.32 Å². The van der Waals surface area contributed by atoms with Gasteiger partial charge < -0.3 is 10.4 Å². The van der Waals surface area contributed by atoms with Gasteiger partial charge in [0.15, 0.2) is 0 Å². The fraction of sp³-hybridized carbons (Fsp3) is 0.417. The highest BCUT2D eigenvalue weighted by Crippen LogP contribution is 2.27. The molecule has 0 aliphatic heterocycles. The molecule has 2 atom stereocenters. The molecular formula is C12H13F2NO2. The third-order valence-electron chi connectivity index (χ3n) is 3.01. The van der Waals surface area contributed by atoms with E-state index in [-0.39, 0.29) is 5.69 Å². The number of rotatable bonds is 2. The maximum atomic E-state index is 13.3. The predicted molar refractivity (Wildman–Crippen MR) is 58.3 cm³/mol. The van der Waals surface area contributed by atoms with E-state index in [4.69, 9.17) is 0 Å². The van der Waals surface area contributed by atoms with Crippen LogP contribution in [0.1, 0.15) is 19.3 Å². The zero-order chi connectivity index (χ0) is 12.4. The third-order valence-corrected chi connectivity index (χ3v) is 3.01. The van der Waals surface area contributed by atoms with Crippen LogP contribution in [0.15, 0.2) is 18.2 Å². The normalized spacial score (nSPS) is 23.7. The molecule has 0 bridgehead atoms. The second-order valence-electron chi connectivity index (χ2n) is 4.22. The van der Waals surface area contributed by atoms with Crippen molar-refractivity contribution in [3.63, 3.8) is 0 Å². The van der Waals surface area contributed by atoms with Crippen LogP contribution in [0.4, 0.5) is 14.5 Å². The summed E-state index contributed by atoms with van der Waals surface area (Å²) in [5.74, 6) is -2.42. The number of hydrogen-bond acceptors (Lipinski definition) is 2. The number of benzene rings is 1. The quantitative estimate of drug-likeness (QED) is 0.832. The zero-order valence-electron chi connectivity index (χ0n) is 9.12. The fourth-order valence-electron chi connectivity index (χ4n) is 2.06. The molecule has 2 N–H and O–H groups in total. The highest BCUT2D eigenvalue weighted by atomic mass is 19.1. The maximum absolute atomic E-state index is 13.3. The fourth-order valence-corrected chi connectivity index (χ4v) is 2.06. The number of amides is 1. The average molecular weight is 241 g/mol. The van der Waals surface area contributed by atoms with Gasteiger partial charge in [-0.2, -0.15) is 0 Å². The van der Waals surface area contributed by atoms with Crippen molar-refractivity contribution in [2.24, 2.45) is 5.92 Å². The van der Waals surface area contributed by atoms with E-state index < -0.39 is 29.6 Å². The van der Waals surface area contributed by atoms with Gasteiger partial charge in [0.2, 0.25) is 5.91 Å². The Bertz CT molecular complexity index is 437. The van der Waals surface area contributed by atoms with Crippen LogP contribution in [0.25, 0.3) is 0 Å². The standard InChI is InChI=1S/C12H13F2NO2/c13-7-4-5-10(9(14)6-7)15-12(17)8-2-1-3-11(8)16/h4-6,8,11,16H,1-3H2,(H,15,17). The van der Waals surface area contributed by atoms with Crippen LogP contribution in [0.3, 0.4) is 0 Å². The third kappa shape index (κ3) is 2.61. The Labute approximate surface area is 97.5 Å². The van der Waals surface area contributed by atoms with E-state index in [9.17, 15) is 18.7 Å². The maximum Gasteiger partial charge on any atom is 0.230 e. The zero-order valence-corrected chi connectivity index (χ0v) is 9.12. The molecule has 1 aromatic rings. The van der Waals surface area contributed by atoms with Gasteiger partial charge >= 0.3 is 0 Å². The van der Waals surface area contributed by atoms with E-state index in [0.717, 1.165) is 12.5 Å². The van der Waals surface area contributed by atoms with Crippen LogP contribution >= 0.6 is 0 Å². The van der Waals surface area contributed by atoms with Gasteiger partial charge in [-0.15, -0.1) is 0 Å². The average Bonchev–Trinajstić information content (AvgIpc) is 2.68. The lowest BCUT2D eigenvalue weighted by atomic mass is 10.1. The summed E-state index contributed by atoms with van der Waals surface area (Å²) in [4.78, 5) is 11.7. The van der Waals surface area contributed by atoms with Gasteiger partial charge in [-0.25, -0.2) is 8.78 Å². The number of nitrogens with one attached hydrogen (secondary N) is 1. The Morgan fingerprint density at radius 2 is 2.12 bits per heavy atom. The Morgan fingerprint density at radius 3 is 2.71 bits per heavy atom. The second-order valence-corrected chi connectivity index (χ2v) is 4.22. The van der Waals surface area contributed by atoms with Crippen LogP contribution in [0, 0.1) is 17.6 Å². The molecule has 1 amide bonds. The van der Waals surface area contributed by atoms with Gasteiger partial charge in [0.05, 0.1) is 17.7 Å². The topological polar surface area (TPSA) is 49.3 Å². The number of halogens is 2. The molecule has 0 aromatic heterocycles. The monoisotopic (exact) mass is 241 g/mol. The predicted octanol–water partition coefficient (Wildman–Crippen LogP) is 2.06. The summed E-state index contributed by atoms with van der Waals surface area (Å²) in [6, 6.07) is 2.95. The molecule has 1 aliphatic carbocycles. The molecule has 1 aliphatic rings. The van der Waals surface area contributed by atoms with Crippen molar-refractivity contribution >= 4 is 11.6 Å². The summed E-state index contributed by atoms with van der Waals surface area (Å²) in [6.45, 7) is 0. The van der Waals surface area contributed by atoms with Crippen LogP contribution in [0.5, 0.6) is 0 Å². The Balaban J connectivity index is 2.07. The Hall–Kier alpha value is -1.49. The number of carbonyl (C=O) groups is 1. The van der Waals surface area contributed by atoms with E-state index in [1.54, 1.807) is 0 Å². The minimum Gasteiger partial charge on any atom is -0.392 e. The lowest BCUT2D eigenvalue weighted by Gasteiger charge is -2.14. The van der Waals surface area contributed by atoms with Crippen molar-refractivity contribution in [3.05, 3.63) is 29.8 Å². The number of anilines is 1. The summed E-state index contributed by atoms with van der Waals surface area (Å²) >= 11 is 0. The SMILES string of the molecule is O=C(Nc1ccc(F)cc1F)C1CCCC1O. The van der Waals surface area contributed by atoms with E-state index in [1.165, 1.54) is 6.07 Å². The Kier molecular flexibility index (Phi) is 3.38. The molecule has 0 heterocycles. The molecule has 92 valence electrons. The molecule has 5 heteroatoms. The first-order valence-corrected chi connectivity index (χ1v) is 5.52. The van der Waals surface area contributed by atoms with Crippen LogP contribution in [-0.4, -0.2) is 17.1 Å². The molecule has 1 saturated carbocycles. The summed E-state index contributed by atoms with van der Waals surface area (Å²) in [5, 5.41) is 11.9. The first kappa shape index (κ1) is 12.0. The van der Waals surface area contributed by atoms with Crippen molar-refractivity contribution in [2.45, 2.75) is 25.4 Å². The van der Waals surface area contributed by atoms with Crippen LogP contribution < -0.4 is 5.32 Å². The molecule has 2 rings (SSSR count). The van der Waals surface area contributed by atoms with Gasteiger partial charge in [-0.05, 0) is 31.4 Å². The number of carbonyl (C=O) groups excluding carboxylic acids is 1. The van der Waals surface area contributed by atoms with E-state index in [1.807, 2.05) is 0 Å². The molecule has 1 fully saturated rings. The van der Waals surface area contributed by atoms with Crippen molar-refractivity contribution in [1.29, 1.82) is 0 Å². The summed E-state index contributed by atoms with van der Waals surface area (Å²) in [5.41, 5.74) is -0.0597. The summed E-state index contributed by atoms with van der Waals surface area (Å²) < 4.78 is 25.9. The first-order valence-electron chi connectivity index (χ1n) is 5.52.